The van der Waals surface area contributed by atoms with Crippen molar-refractivity contribution < 1.29 is 9.32 Å². The quantitative estimate of drug-likeness (QED) is 0.539. The van der Waals surface area contributed by atoms with E-state index in [2.05, 4.69) is 30.9 Å². The van der Waals surface area contributed by atoms with Gasteiger partial charge in [0, 0.05) is 36.0 Å². The predicted octanol–water partition coefficient (Wildman–Crippen LogP) is 3.22. The van der Waals surface area contributed by atoms with Crippen LogP contribution in [0.2, 0.25) is 0 Å². The summed E-state index contributed by atoms with van der Waals surface area (Å²) in [6.07, 6.45) is 5.06. The van der Waals surface area contributed by atoms with Gasteiger partial charge in [0.1, 0.15) is 5.69 Å². The lowest BCUT2D eigenvalue weighted by Gasteiger charge is -2.12. The van der Waals surface area contributed by atoms with Gasteiger partial charge >= 0.3 is 0 Å². The molecule has 0 aliphatic carbocycles. The number of aryl methyl sites for hydroxylation is 2. The fourth-order valence-corrected chi connectivity index (χ4v) is 3.00. The van der Waals surface area contributed by atoms with Crippen molar-refractivity contribution in [1.29, 1.82) is 0 Å². The Balaban J connectivity index is 1.60. The van der Waals surface area contributed by atoms with Crippen molar-refractivity contribution in [3.05, 3.63) is 53.4 Å². The van der Waals surface area contributed by atoms with Crippen LogP contribution in [0, 0.1) is 13.8 Å². The van der Waals surface area contributed by atoms with Crippen LogP contribution in [0.4, 0.5) is 5.88 Å². The summed E-state index contributed by atoms with van der Waals surface area (Å²) >= 11 is 0. The molecule has 0 radical (unpaired) electrons. The first-order chi connectivity index (χ1) is 14.6. The molecule has 0 saturated heterocycles. The minimum Gasteiger partial charge on any atom is -0.338 e. The summed E-state index contributed by atoms with van der Waals surface area (Å²) in [5.41, 5.74) is 4.88. The van der Waals surface area contributed by atoms with Crippen molar-refractivity contribution in [2.24, 2.45) is 7.05 Å². The molecule has 0 unspecified atom stereocenters. The highest BCUT2D eigenvalue weighted by molar-refractivity contribution is 6.03. The third-order valence-electron chi connectivity index (χ3n) is 5.09. The first kappa shape index (κ1) is 20.5. The van der Waals surface area contributed by atoms with Crippen molar-refractivity contribution in [3.63, 3.8) is 0 Å². The van der Waals surface area contributed by atoms with Gasteiger partial charge in [-0.2, -0.15) is 5.10 Å². The Morgan fingerprint density at radius 2 is 1.94 bits per heavy atom. The standard InChI is InChI=1S/C21H24N8O2/c1-12-17(29-11-16(25-27-29)15-10-23-28(6)13(15)2)7-14(9-22-12)20(30)24-19-8-18(26-31-19)21(3,4)5/h7-11H,1-6H3,(H,24,30). The van der Waals surface area contributed by atoms with Crippen LogP contribution in [-0.2, 0) is 12.5 Å². The minimum absolute atomic E-state index is 0.178. The largest absolute Gasteiger partial charge is 0.338 e. The number of rotatable bonds is 4. The van der Waals surface area contributed by atoms with E-state index in [4.69, 9.17) is 4.52 Å². The van der Waals surface area contributed by atoms with Crippen LogP contribution in [0.15, 0.2) is 35.2 Å². The molecule has 0 saturated carbocycles. The molecular weight excluding hydrogens is 396 g/mol. The summed E-state index contributed by atoms with van der Waals surface area (Å²) in [5, 5.41) is 19.5. The van der Waals surface area contributed by atoms with Gasteiger partial charge < -0.3 is 4.52 Å². The van der Waals surface area contributed by atoms with Crippen molar-refractivity contribution >= 4 is 11.8 Å². The van der Waals surface area contributed by atoms with Crippen LogP contribution in [-0.4, -0.2) is 40.8 Å². The topological polar surface area (TPSA) is 117 Å². The van der Waals surface area contributed by atoms with Gasteiger partial charge in [-0.25, -0.2) is 4.68 Å². The second-order valence-corrected chi connectivity index (χ2v) is 8.42. The minimum atomic E-state index is -0.353. The molecule has 0 aliphatic rings. The Hall–Kier alpha value is -3.82. The Morgan fingerprint density at radius 1 is 1.16 bits per heavy atom. The normalized spacial score (nSPS) is 11.7. The third-order valence-corrected chi connectivity index (χ3v) is 5.09. The summed E-state index contributed by atoms with van der Waals surface area (Å²) < 4.78 is 8.63. The predicted molar refractivity (Wildman–Crippen MR) is 114 cm³/mol. The number of nitrogens with one attached hydrogen (secondary N) is 1. The van der Waals surface area contributed by atoms with E-state index in [1.807, 2.05) is 41.7 Å². The van der Waals surface area contributed by atoms with Crippen LogP contribution in [0.1, 0.15) is 48.2 Å². The smallest absolute Gasteiger partial charge is 0.259 e. The molecule has 0 spiro atoms. The lowest BCUT2D eigenvalue weighted by atomic mass is 9.92. The number of amides is 1. The van der Waals surface area contributed by atoms with Gasteiger partial charge in [0.05, 0.1) is 35.0 Å². The molecule has 4 aromatic heterocycles. The number of carbonyl (C=O) groups is 1. The maximum Gasteiger partial charge on any atom is 0.259 e. The van der Waals surface area contributed by atoms with Crippen molar-refractivity contribution in [1.82, 2.24) is 34.9 Å². The average molecular weight is 420 g/mol. The maximum atomic E-state index is 12.7. The highest BCUT2D eigenvalue weighted by atomic mass is 16.5. The molecule has 0 fully saturated rings. The van der Waals surface area contributed by atoms with Crippen LogP contribution in [0.5, 0.6) is 0 Å². The van der Waals surface area contributed by atoms with E-state index in [1.165, 1.54) is 6.20 Å². The van der Waals surface area contributed by atoms with Gasteiger partial charge in [0.15, 0.2) is 0 Å². The molecule has 0 aromatic carbocycles. The number of hydrogen-bond acceptors (Lipinski definition) is 7. The van der Waals surface area contributed by atoms with E-state index < -0.39 is 0 Å². The van der Waals surface area contributed by atoms with Gasteiger partial charge in [-0.05, 0) is 19.9 Å². The van der Waals surface area contributed by atoms with E-state index >= 15 is 0 Å². The van der Waals surface area contributed by atoms with E-state index in [-0.39, 0.29) is 17.2 Å². The highest BCUT2D eigenvalue weighted by Crippen LogP contribution is 2.25. The van der Waals surface area contributed by atoms with Gasteiger partial charge in [0.25, 0.3) is 5.91 Å². The zero-order valence-corrected chi connectivity index (χ0v) is 18.3. The molecule has 0 aliphatic heterocycles. The van der Waals surface area contributed by atoms with Crippen LogP contribution < -0.4 is 5.32 Å². The zero-order valence-electron chi connectivity index (χ0n) is 18.3. The molecule has 4 rings (SSSR count). The Morgan fingerprint density at radius 3 is 2.58 bits per heavy atom. The number of pyridine rings is 1. The van der Waals surface area contributed by atoms with Gasteiger partial charge in [-0.15, -0.1) is 5.10 Å². The van der Waals surface area contributed by atoms with Crippen molar-refractivity contribution in [2.75, 3.05) is 5.32 Å². The average Bonchev–Trinajstić information content (AvgIpc) is 3.43. The summed E-state index contributed by atoms with van der Waals surface area (Å²) in [6.45, 7) is 9.87. The highest BCUT2D eigenvalue weighted by Gasteiger charge is 2.20. The maximum absolute atomic E-state index is 12.7. The molecular formula is C21H24N8O2. The molecule has 4 heterocycles. The fourth-order valence-electron chi connectivity index (χ4n) is 3.00. The van der Waals surface area contributed by atoms with E-state index in [0.717, 1.165) is 17.0 Å². The third kappa shape index (κ3) is 3.96. The molecule has 160 valence electrons. The van der Waals surface area contributed by atoms with Gasteiger partial charge in [-0.1, -0.05) is 31.1 Å². The summed E-state index contributed by atoms with van der Waals surface area (Å²) in [7, 11) is 1.87. The molecule has 1 N–H and O–H groups in total. The molecule has 1 amide bonds. The van der Waals surface area contributed by atoms with Crippen LogP contribution in [0.25, 0.3) is 16.9 Å². The Kier molecular flexibility index (Phi) is 4.92. The summed E-state index contributed by atoms with van der Waals surface area (Å²) in [5.74, 6) is -0.0686. The van der Waals surface area contributed by atoms with Crippen molar-refractivity contribution in [2.45, 2.75) is 40.0 Å². The first-order valence-corrected chi connectivity index (χ1v) is 9.80. The molecule has 10 nitrogen and oxygen atoms in total. The van der Waals surface area contributed by atoms with Crippen LogP contribution in [0.3, 0.4) is 0 Å². The van der Waals surface area contributed by atoms with E-state index in [1.54, 1.807) is 33.9 Å². The first-order valence-electron chi connectivity index (χ1n) is 9.80. The van der Waals surface area contributed by atoms with Crippen molar-refractivity contribution in [3.8, 4) is 16.9 Å². The Bertz CT molecular complexity index is 1260. The lowest BCUT2D eigenvalue weighted by Crippen LogP contribution is -2.14. The van der Waals surface area contributed by atoms with E-state index in [9.17, 15) is 4.79 Å². The number of aromatic nitrogens is 7. The number of carbonyl (C=O) groups excluding carboxylic acids is 1. The Labute approximate surface area is 179 Å². The summed E-state index contributed by atoms with van der Waals surface area (Å²) in [4.78, 5) is 17.1. The SMILES string of the molecule is Cc1ncc(C(=O)Nc2cc(C(C)(C)C)no2)cc1-n1cc(-c2cnn(C)c2C)nn1. The zero-order chi connectivity index (χ0) is 22.3. The molecule has 31 heavy (non-hydrogen) atoms. The molecule has 10 heteroatoms. The lowest BCUT2D eigenvalue weighted by molar-refractivity contribution is 0.102. The molecule has 4 aromatic rings. The van der Waals surface area contributed by atoms with Gasteiger partial charge in [-0.3, -0.25) is 19.8 Å². The summed E-state index contributed by atoms with van der Waals surface area (Å²) in [6, 6.07) is 3.44. The second-order valence-electron chi connectivity index (χ2n) is 8.42. The van der Waals surface area contributed by atoms with Gasteiger partial charge in [0.2, 0.25) is 5.88 Å². The number of nitrogens with zero attached hydrogens (tertiary/aromatic N) is 7. The monoisotopic (exact) mass is 420 g/mol. The number of hydrogen-bond donors (Lipinski definition) is 1. The number of anilines is 1. The van der Waals surface area contributed by atoms with Crippen LogP contribution >= 0.6 is 0 Å². The fraction of sp³-hybridized carbons (Fsp3) is 0.333. The molecule has 0 bridgehead atoms. The molecule has 0 atom stereocenters. The second kappa shape index (κ2) is 7.46. The van der Waals surface area contributed by atoms with E-state index in [0.29, 0.717) is 22.6 Å².